The summed E-state index contributed by atoms with van der Waals surface area (Å²) in [5.74, 6) is -2.46. The summed E-state index contributed by atoms with van der Waals surface area (Å²) in [4.78, 5) is 11.1. The van der Waals surface area contributed by atoms with Crippen molar-refractivity contribution in [1.29, 1.82) is 0 Å². The molecule has 2 fully saturated rings. The van der Waals surface area contributed by atoms with Gasteiger partial charge in [0.2, 0.25) is 5.95 Å². The molecule has 0 unspecified atom stereocenters. The summed E-state index contributed by atoms with van der Waals surface area (Å²) in [5, 5.41) is 7.91. The topological polar surface area (TPSA) is 58.9 Å². The molecule has 2 saturated heterocycles. The Balaban J connectivity index is 1.58. The first-order valence-electron chi connectivity index (χ1n) is 10.3. The van der Waals surface area contributed by atoms with E-state index in [1.165, 1.54) is 0 Å². The lowest BCUT2D eigenvalue weighted by Crippen LogP contribution is -2.47. The number of nitrogens with zero attached hydrogens (tertiary/aromatic N) is 5. The molecule has 8 heteroatoms. The molecule has 4 heterocycles. The van der Waals surface area contributed by atoms with Crippen LogP contribution in [0.5, 0.6) is 0 Å². The molecule has 0 bridgehead atoms. The Hall–Kier alpha value is -2.09. The van der Waals surface area contributed by atoms with E-state index in [4.69, 9.17) is 4.98 Å². The number of aromatic nitrogens is 4. The summed E-state index contributed by atoms with van der Waals surface area (Å²) in [6, 6.07) is 0.643. The number of halogens is 2. The Morgan fingerprint density at radius 2 is 2.00 bits per heavy atom. The van der Waals surface area contributed by atoms with Crippen LogP contribution < -0.4 is 10.2 Å². The van der Waals surface area contributed by atoms with Crippen molar-refractivity contribution in [3.8, 4) is 11.3 Å². The van der Waals surface area contributed by atoms with Crippen molar-refractivity contribution >= 4 is 5.95 Å². The maximum atomic E-state index is 14.7. The summed E-state index contributed by atoms with van der Waals surface area (Å²) in [6.45, 7) is 4.86. The number of anilines is 1. The first-order chi connectivity index (χ1) is 13.5. The highest BCUT2D eigenvalue weighted by molar-refractivity contribution is 5.65. The average molecular weight is 388 g/mol. The van der Waals surface area contributed by atoms with Crippen LogP contribution >= 0.6 is 0 Å². The molecule has 1 N–H and O–H groups in total. The maximum Gasteiger partial charge on any atom is 0.290 e. The zero-order valence-electron chi connectivity index (χ0n) is 16.2. The summed E-state index contributed by atoms with van der Waals surface area (Å²) >= 11 is 0. The van der Waals surface area contributed by atoms with Gasteiger partial charge in [-0.05, 0) is 52.1 Å². The SMILES string of the molecule is C[C@H]1CCN1c1nc(-c2cnn(C3CCNCC3)c2)c2c(n1)C(F)(F)CCC2. The molecule has 0 spiro atoms. The van der Waals surface area contributed by atoms with Gasteiger partial charge in [0, 0.05) is 36.3 Å². The lowest BCUT2D eigenvalue weighted by atomic mass is 9.90. The molecule has 0 amide bonds. The highest BCUT2D eigenvalue weighted by Gasteiger charge is 2.41. The number of hydrogen-bond acceptors (Lipinski definition) is 5. The van der Waals surface area contributed by atoms with Crippen LogP contribution in [-0.2, 0) is 12.3 Å². The minimum absolute atomic E-state index is 0.0764. The molecule has 6 nitrogen and oxygen atoms in total. The van der Waals surface area contributed by atoms with E-state index < -0.39 is 5.92 Å². The third-order valence-corrected chi connectivity index (χ3v) is 6.39. The monoisotopic (exact) mass is 388 g/mol. The normalized spacial score (nSPS) is 24.7. The molecular formula is C20H26F2N6. The second-order valence-corrected chi connectivity index (χ2v) is 8.28. The number of rotatable bonds is 3. The van der Waals surface area contributed by atoms with Crippen LogP contribution in [0.3, 0.4) is 0 Å². The Morgan fingerprint density at radius 1 is 1.18 bits per heavy atom. The summed E-state index contributed by atoms with van der Waals surface area (Å²) in [5.41, 5.74) is 1.98. The van der Waals surface area contributed by atoms with Crippen molar-refractivity contribution in [1.82, 2.24) is 25.1 Å². The van der Waals surface area contributed by atoms with Crippen molar-refractivity contribution in [2.24, 2.45) is 0 Å². The van der Waals surface area contributed by atoms with Gasteiger partial charge in [-0.3, -0.25) is 4.68 Å². The van der Waals surface area contributed by atoms with Gasteiger partial charge in [-0.1, -0.05) is 0 Å². The van der Waals surface area contributed by atoms with Crippen LogP contribution in [0.1, 0.15) is 56.3 Å². The van der Waals surface area contributed by atoms with E-state index in [9.17, 15) is 8.78 Å². The van der Waals surface area contributed by atoms with Crippen LogP contribution in [-0.4, -0.2) is 45.4 Å². The molecule has 2 aromatic heterocycles. The van der Waals surface area contributed by atoms with E-state index in [0.29, 0.717) is 42.1 Å². The van der Waals surface area contributed by atoms with Crippen molar-refractivity contribution in [3.63, 3.8) is 0 Å². The predicted octanol–water partition coefficient (Wildman–Crippen LogP) is 3.29. The van der Waals surface area contributed by atoms with E-state index in [1.807, 2.05) is 15.8 Å². The van der Waals surface area contributed by atoms with E-state index >= 15 is 0 Å². The van der Waals surface area contributed by atoms with Gasteiger partial charge in [-0.15, -0.1) is 0 Å². The quantitative estimate of drug-likeness (QED) is 0.874. The van der Waals surface area contributed by atoms with Crippen molar-refractivity contribution < 1.29 is 8.78 Å². The molecule has 150 valence electrons. The molecule has 0 radical (unpaired) electrons. The van der Waals surface area contributed by atoms with Crippen LogP contribution in [0.4, 0.5) is 14.7 Å². The number of hydrogen-bond donors (Lipinski definition) is 1. The molecule has 0 saturated carbocycles. The highest BCUT2D eigenvalue weighted by Crippen LogP contribution is 2.43. The molecule has 0 aromatic carbocycles. The zero-order valence-corrected chi connectivity index (χ0v) is 16.2. The van der Waals surface area contributed by atoms with Gasteiger partial charge in [0.05, 0.1) is 17.9 Å². The number of fused-ring (bicyclic) bond motifs is 1. The standard InChI is InChI=1S/C20H26F2N6/c1-13-6-10-27(13)19-25-17(16-3-2-7-20(21,22)18(16)26-19)14-11-24-28(12-14)15-4-8-23-9-5-15/h11-13,15,23H,2-10H2,1H3/t13-/m0/s1. The number of nitrogens with one attached hydrogen (secondary N) is 1. The Kier molecular flexibility index (Phi) is 4.34. The lowest BCUT2D eigenvalue weighted by Gasteiger charge is -2.39. The van der Waals surface area contributed by atoms with Gasteiger partial charge in [-0.2, -0.15) is 13.9 Å². The van der Waals surface area contributed by atoms with Crippen LogP contribution in [0.25, 0.3) is 11.3 Å². The second-order valence-electron chi connectivity index (χ2n) is 8.28. The molecule has 2 aromatic rings. The fourth-order valence-corrected chi connectivity index (χ4v) is 4.53. The molecule has 1 aliphatic carbocycles. The van der Waals surface area contributed by atoms with Gasteiger partial charge in [0.1, 0.15) is 5.69 Å². The molecular weight excluding hydrogens is 362 g/mol. The Labute approximate surface area is 163 Å². The van der Waals surface area contributed by atoms with E-state index in [-0.39, 0.29) is 12.1 Å². The van der Waals surface area contributed by atoms with Crippen LogP contribution in [0.2, 0.25) is 0 Å². The average Bonchev–Trinajstić information content (AvgIpc) is 3.17. The molecule has 5 rings (SSSR count). The van der Waals surface area contributed by atoms with Gasteiger partial charge in [0.25, 0.3) is 5.92 Å². The van der Waals surface area contributed by atoms with Crippen molar-refractivity contribution in [2.75, 3.05) is 24.5 Å². The van der Waals surface area contributed by atoms with Crippen LogP contribution in [0.15, 0.2) is 12.4 Å². The van der Waals surface area contributed by atoms with Gasteiger partial charge in [0.15, 0.2) is 0 Å². The first-order valence-corrected chi connectivity index (χ1v) is 10.3. The molecule has 28 heavy (non-hydrogen) atoms. The first kappa shape index (κ1) is 18.0. The Bertz CT molecular complexity index is 874. The predicted molar refractivity (Wildman–Crippen MR) is 103 cm³/mol. The maximum absolute atomic E-state index is 14.7. The highest BCUT2D eigenvalue weighted by atomic mass is 19.3. The van der Waals surface area contributed by atoms with Gasteiger partial charge in [-0.25, -0.2) is 9.97 Å². The third kappa shape index (κ3) is 2.98. The van der Waals surface area contributed by atoms with Crippen molar-refractivity contribution in [3.05, 3.63) is 23.7 Å². The zero-order chi connectivity index (χ0) is 19.3. The minimum Gasteiger partial charge on any atom is -0.338 e. The van der Waals surface area contributed by atoms with Crippen LogP contribution in [0, 0.1) is 0 Å². The largest absolute Gasteiger partial charge is 0.338 e. The van der Waals surface area contributed by atoms with Crippen molar-refractivity contribution in [2.45, 2.75) is 63.5 Å². The minimum atomic E-state index is -2.89. The molecule has 2 aliphatic heterocycles. The number of alkyl halides is 2. The second kappa shape index (κ2) is 6.76. The summed E-state index contributed by atoms with van der Waals surface area (Å²) < 4.78 is 31.4. The smallest absolute Gasteiger partial charge is 0.290 e. The fourth-order valence-electron chi connectivity index (χ4n) is 4.53. The third-order valence-electron chi connectivity index (χ3n) is 6.39. The number of piperidine rings is 1. The molecule has 3 aliphatic rings. The summed E-state index contributed by atoms with van der Waals surface area (Å²) in [6.07, 6.45) is 7.76. The molecule has 1 atom stereocenters. The van der Waals surface area contributed by atoms with E-state index in [2.05, 4.69) is 22.3 Å². The summed E-state index contributed by atoms with van der Waals surface area (Å²) in [7, 11) is 0. The fraction of sp³-hybridized carbons (Fsp3) is 0.650. The van der Waals surface area contributed by atoms with Gasteiger partial charge < -0.3 is 10.2 Å². The van der Waals surface area contributed by atoms with E-state index in [0.717, 1.165) is 44.5 Å². The van der Waals surface area contributed by atoms with Gasteiger partial charge >= 0.3 is 0 Å². The Morgan fingerprint density at radius 3 is 2.71 bits per heavy atom. The van der Waals surface area contributed by atoms with E-state index in [1.54, 1.807) is 6.20 Å². The lowest BCUT2D eigenvalue weighted by molar-refractivity contribution is -0.0263.